The molecule has 0 unspecified atom stereocenters. The predicted molar refractivity (Wildman–Crippen MR) is 172 cm³/mol. The number of rotatable bonds is 17. The van der Waals surface area contributed by atoms with Gasteiger partial charge in [-0.2, -0.15) is 0 Å². The van der Waals surface area contributed by atoms with E-state index in [0.717, 1.165) is 12.6 Å². The molecule has 0 fully saturated rings. The van der Waals surface area contributed by atoms with E-state index >= 15 is 0 Å². The van der Waals surface area contributed by atoms with Crippen molar-refractivity contribution in [2.24, 2.45) is 0 Å². The third-order valence-electron chi connectivity index (χ3n) is 7.36. The molecule has 228 valence electrons. The molecular weight excluding hydrogens is 565 g/mol. The second kappa shape index (κ2) is 16.0. The number of hydrogen-bond acceptors (Lipinski definition) is 8. The maximum absolute atomic E-state index is 13.8. The number of aromatic nitrogens is 1. The Morgan fingerprint density at radius 3 is 1.60 bits per heavy atom. The van der Waals surface area contributed by atoms with E-state index in [1.165, 1.54) is 44.4 Å². The van der Waals surface area contributed by atoms with Crippen molar-refractivity contribution in [2.75, 3.05) is 48.2 Å². The van der Waals surface area contributed by atoms with Gasteiger partial charge in [0.1, 0.15) is 0 Å². The summed E-state index contributed by atoms with van der Waals surface area (Å²) in [6, 6.07) is 32.3. The van der Waals surface area contributed by atoms with E-state index in [2.05, 4.69) is 96.0 Å². The number of benzene rings is 3. The van der Waals surface area contributed by atoms with Crippen LogP contribution in [0.1, 0.15) is 29.6 Å². The fourth-order valence-electron chi connectivity index (χ4n) is 5.45. The van der Waals surface area contributed by atoms with Gasteiger partial charge >= 0.3 is 254 Å². The molecule has 0 amide bonds. The van der Waals surface area contributed by atoms with E-state index in [0.29, 0.717) is 6.42 Å². The Morgan fingerprint density at radius 2 is 1.14 bits per heavy atom. The zero-order chi connectivity index (χ0) is 30.5. The zero-order valence-corrected chi connectivity index (χ0v) is 26.2. The third kappa shape index (κ3) is 7.34. The molecule has 0 radical (unpaired) electrons. The molecule has 0 aliphatic heterocycles. The van der Waals surface area contributed by atoms with Gasteiger partial charge in [0.05, 0.1) is 0 Å². The molecule has 0 saturated carbocycles. The molecule has 4 aromatic rings. The van der Waals surface area contributed by atoms with Gasteiger partial charge in [0.2, 0.25) is 0 Å². The molecule has 4 rings (SSSR count). The fraction of sp³-hybridized carbons (Fsp3) is 0.294. The van der Waals surface area contributed by atoms with Gasteiger partial charge in [0, 0.05) is 0 Å². The van der Waals surface area contributed by atoms with Crippen LogP contribution >= 0.6 is 7.26 Å². The van der Waals surface area contributed by atoms with Crippen molar-refractivity contribution in [2.45, 2.75) is 19.3 Å². The Labute approximate surface area is 254 Å². The molecule has 43 heavy (non-hydrogen) atoms. The summed E-state index contributed by atoms with van der Waals surface area (Å²) in [4.78, 5) is 18.2. The van der Waals surface area contributed by atoms with Crippen molar-refractivity contribution in [3.8, 4) is 23.3 Å². The average Bonchev–Trinajstić information content (AvgIpc) is 3.07. The molecule has 9 heteroatoms. The predicted octanol–water partition coefficient (Wildman–Crippen LogP) is 5.14. The van der Waals surface area contributed by atoms with Gasteiger partial charge in [-0.1, -0.05) is 0 Å². The van der Waals surface area contributed by atoms with Crippen molar-refractivity contribution >= 4 is 29.0 Å². The minimum absolute atomic E-state index is 0.0529. The summed E-state index contributed by atoms with van der Waals surface area (Å²) in [5.74, 6) is 0.347. The molecule has 8 nitrogen and oxygen atoms in total. The molecule has 0 spiro atoms. The van der Waals surface area contributed by atoms with Gasteiger partial charge in [-0.25, -0.2) is 0 Å². The summed E-state index contributed by atoms with van der Waals surface area (Å²) in [6.45, 7) is -0.210. The zero-order valence-electron chi connectivity index (χ0n) is 25.2. The van der Waals surface area contributed by atoms with Crippen molar-refractivity contribution in [1.29, 1.82) is 0 Å². The van der Waals surface area contributed by atoms with Gasteiger partial charge in [-0.15, -0.1) is 0 Å². The van der Waals surface area contributed by atoms with Crippen LogP contribution in [-0.4, -0.2) is 59.0 Å². The van der Waals surface area contributed by atoms with E-state index in [1.54, 1.807) is 0 Å². The van der Waals surface area contributed by atoms with Crippen molar-refractivity contribution in [1.82, 2.24) is 4.98 Å². The van der Waals surface area contributed by atoms with Gasteiger partial charge in [-0.3, -0.25) is 0 Å². The summed E-state index contributed by atoms with van der Waals surface area (Å²) in [5.41, 5.74) is 0.171. The molecule has 3 aromatic carbocycles. The first-order valence-corrected chi connectivity index (χ1v) is 16.4. The minimum atomic E-state index is -2.40. The quantitative estimate of drug-likeness (QED) is 0.0708. The molecule has 0 aliphatic carbocycles. The van der Waals surface area contributed by atoms with Gasteiger partial charge in [-0.05, 0) is 0 Å². The van der Waals surface area contributed by atoms with E-state index < -0.39 is 7.26 Å². The van der Waals surface area contributed by atoms with Crippen LogP contribution < -0.4 is 34.9 Å². The molecule has 0 atom stereocenters. The van der Waals surface area contributed by atoms with Gasteiger partial charge < -0.3 is 0 Å². The SMILES string of the molecule is COCOc1nc(OC)c(OC)c(OCOC)c1C(=O)CCCC[PH](c1ccccc1)(c1ccccc1)c1ccccc1. The number of carbonyl (C=O) groups is 1. The third-order valence-corrected chi connectivity index (χ3v) is 12.4. The molecular formula is C34H40NO7P. The van der Waals surface area contributed by atoms with Crippen LogP contribution in [0.5, 0.6) is 23.3 Å². The number of methoxy groups -OCH3 is 4. The summed E-state index contributed by atoms with van der Waals surface area (Å²) < 4.78 is 32.7. The molecule has 0 saturated heterocycles. The van der Waals surface area contributed by atoms with Gasteiger partial charge in [0.15, 0.2) is 0 Å². The number of carbonyl (C=O) groups excluding carboxylic acids is 1. The Bertz CT molecular complexity index is 1340. The van der Waals surface area contributed by atoms with Crippen molar-refractivity contribution in [3.63, 3.8) is 0 Å². The molecule has 0 aliphatic rings. The monoisotopic (exact) mass is 605 g/mol. The first-order valence-electron chi connectivity index (χ1n) is 14.2. The first kappa shape index (κ1) is 32.0. The van der Waals surface area contributed by atoms with Crippen LogP contribution in [0.25, 0.3) is 0 Å². The first-order chi connectivity index (χ1) is 21.1. The topological polar surface area (TPSA) is 85.3 Å². The molecule has 1 heterocycles. The van der Waals surface area contributed by atoms with Crippen LogP contribution in [-0.2, 0) is 9.47 Å². The number of pyridine rings is 1. The molecule has 0 bridgehead atoms. The molecule has 0 N–H and O–H groups in total. The summed E-state index contributed by atoms with van der Waals surface area (Å²) >= 11 is 0. The number of ether oxygens (including phenoxy) is 6. The van der Waals surface area contributed by atoms with Crippen molar-refractivity contribution in [3.05, 3.63) is 96.6 Å². The number of ketones is 1. The van der Waals surface area contributed by atoms with Crippen LogP contribution in [0.3, 0.4) is 0 Å². The summed E-state index contributed by atoms with van der Waals surface area (Å²) in [7, 11) is 3.50. The summed E-state index contributed by atoms with van der Waals surface area (Å²) in [5, 5.41) is 4.02. The van der Waals surface area contributed by atoms with Crippen LogP contribution in [0.2, 0.25) is 0 Å². The van der Waals surface area contributed by atoms with Gasteiger partial charge in [0.25, 0.3) is 0 Å². The number of hydrogen-bond donors (Lipinski definition) is 0. The summed E-state index contributed by atoms with van der Waals surface area (Å²) in [6.07, 6.45) is 2.68. The van der Waals surface area contributed by atoms with Crippen LogP contribution in [0.15, 0.2) is 91.0 Å². The molecule has 1 aromatic heterocycles. The Hall–Kier alpha value is -3.97. The van der Waals surface area contributed by atoms with E-state index in [4.69, 9.17) is 28.4 Å². The van der Waals surface area contributed by atoms with E-state index in [1.807, 2.05) is 0 Å². The Kier molecular flexibility index (Phi) is 11.9. The van der Waals surface area contributed by atoms with E-state index in [9.17, 15) is 4.79 Å². The fourth-order valence-corrected chi connectivity index (χ4v) is 10.4. The van der Waals surface area contributed by atoms with Crippen LogP contribution in [0, 0.1) is 0 Å². The Balaban J connectivity index is 1.66. The number of nitrogens with zero attached hydrogens (tertiary/aromatic N) is 1. The number of unbranched alkanes of at least 4 members (excludes halogenated alkanes) is 1. The Morgan fingerprint density at radius 1 is 0.628 bits per heavy atom. The second-order valence-corrected chi connectivity index (χ2v) is 13.9. The van der Waals surface area contributed by atoms with Crippen LogP contribution in [0.4, 0.5) is 0 Å². The standard InChI is InChI=1S/C34H40NO7P/c1-37-24-41-31-30(33(42-25-38-2)35-34(40-4)32(31)39-3)29(36)22-14-15-23-43(26-16-8-5-9-17-26,27-18-10-6-11-19-27)28-20-12-7-13-21-28/h5-13,16-21,43H,14-15,22-25H2,1-4H3. The maximum atomic E-state index is 13.8. The van der Waals surface area contributed by atoms with E-state index in [-0.39, 0.29) is 54.6 Å². The van der Waals surface area contributed by atoms with Crippen molar-refractivity contribution < 1.29 is 33.2 Å². The number of Topliss-reactive ketones (excluding diaryl/α,β-unsaturated/α-hetero) is 1. The average molecular weight is 606 g/mol. The second-order valence-electron chi connectivity index (χ2n) is 9.90. The normalized spacial score (nSPS) is 11.5.